The van der Waals surface area contributed by atoms with E-state index in [0.29, 0.717) is 6.04 Å². The van der Waals surface area contributed by atoms with Crippen molar-refractivity contribution in [3.05, 3.63) is 6.07 Å². The van der Waals surface area contributed by atoms with Crippen molar-refractivity contribution in [1.29, 1.82) is 0 Å². The van der Waals surface area contributed by atoms with Crippen LogP contribution in [0.2, 0.25) is 0 Å². The van der Waals surface area contributed by atoms with Crippen LogP contribution in [0.15, 0.2) is 11.2 Å². The Labute approximate surface area is 126 Å². The standard InChI is InChI=1S/C14H25N5S/c1-5-15-12-9-13(17-14(16-12)20-4)19-8-6-7-11(10-19)18(2)3/h9,11H,5-8,10H2,1-4H3,(H,15,16,17). The number of nitrogens with one attached hydrogen (secondary N) is 1. The van der Waals surface area contributed by atoms with Gasteiger partial charge >= 0.3 is 0 Å². The maximum absolute atomic E-state index is 4.67. The fourth-order valence-electron chi connectivity index (χ4n) is 2.52. The zero-order valence-corrected chi connectivity index (χ0v) is 13.7. The third-order valence-corrected chi connectivity index (χ3v) is 4.23. The molecule has 1 aromatic heterocycles. The lowest BCUT2D eigenvalue weighted by molar-refractivity contribution is 0.257. The van der Waals surface area contributed by atoms with Crippen molar-refractivity contribution < 1.29 is 0 Å². The van der Waals surface area contributed by atoms with Crippen LogP contribution >= 0.6 is 11.8 Å². The highest BCUT2D eigenvalue weighted by Crippen LogP contribution is 2.24. The molecule has 1 fully saturated rings. The molecule has 0 saturated carbocycles. The summed E-state index contributed by atoms with van der Waals surface area (Å²) in [7, 11) is 4.32. The number of anilines is 2. The normalized spacial score (nSPS) is 19.4. The predicted molar refractivity (Wildman–Crippen MR) is 86.9 cm³/mol. The van der Waals surface area contributed by atoms with Gasteiger partial charge in [0.05, 0.1) is 0 Å². The first-order chi connectivity index (χ1) is 9.63. The predicted octanol–water partition coefficient (Wildman–Crippen LogP) is 2.16. The zero-order chi connectivity index (χ0) is 14.5. The fourth-order valence-corrected chi connectivity index (χ4v) is 2.90. The molecule has 0 amide bonds. The summed E-state index contributed by atoms with van der Waals surface area (Å²) in [6.45, 7) is 5.10. The van der Waals surface area contributed by atoms with E-state index < -0.39 is 0 Å². The molecule has 5 nitrogen and oxygen atoms in total. The van der Waals surface area contributed by atoms with E-state index in [2.05, 4.69) is 52.2 Å². The number of rotatable bonds is 5. The Morgan fingerprint density at radius 2 is 2.25 bits per heavy atom. The lowest BCUT2D eigenvalue weighted by atomic mass is 10.1. The quantitative estimate of drug-likeness (QED) is 0.663. The second-order valence-electron chi connectivity index (χ2n) is 5.33. The summed E-state index contributed by atoms with van der Waals surface area (Å²) in [5.41, 5.74) is 0. The van der Waals surface area contributed by atoms with E-state index in [0.717, 1.165) is 36.4 Å². The monoisotopic (exact) mass is 295 g/mol. The van der Waals surface area contributed by atoms with Gasteiger partial charge in [-0.1, -0.05) is 11.8 Å². The van der Waals surface area contributed by atoms with Gasteiger partial charge in [0, 0.05) is 31.7 Å². The molecule has 20 heavy (non-hydrogen) atoms. The summed E-state index contributed by atoms with van der Waals surface area (Å²) in [6, 6.07) is 2.68. The van der Waals surface area contributed by atoms with Gasteiger partial charge in [-0.25, -0.2) is 9.97 Å². The number of piperidine rings is 1. The molecule has 1 saturated heterocycles. The SMILES string of the molecule is CCNc1cc(N2CCCC(N(C)C)C2)nc(SC)n1. The van der Waals surface area contributed by atoms with Gasteiger partial charge in [0.1, 0.15) is 11.6 Å². The number of aromatic nitrogens is 2. The van der Waals surface area contributed by atoms with Crippen molar-refractivity contribution in [1.82, 2.24) is 14.9 Å². The minimum Gasteiger partial charge on any atom is -0.370 e. The van der Waals surface area contributed by atoms with Crippen LogP contribution in [0, 0.1) is 0 Å². The lowest BCUT2D eigenvalue weighted by Gasteiger charge is -2.36. The van der Waals surface area contributed by atoms with Crippen LogP contribution in [0.3, 0.4) is 0 Å². The zero-order valence-electron chi connectivity index (χ0n) is 12.9. The molecule has 0 radical (unpaired) electrons. The third-order valence-electron chi connectivity index (χ3n) is 3.68. The molecule has 1 atom stereocenters. The molecule has 1 aliphatic rings. The highest BCUT2D eigenvalue weighted by Gasteiger charge is 2.23. The molecule has 0 aliphatic carbocycles. The Hall–Kier alpha value is -1.01. The molecule has 112 valence electrons. The van der Waals surface area contributed by atoms with Gasteiger partial charge in [0.25, 0.3) is 0 Å². The molecule has 6 heteroatoms. The molecule has 1 unspecified atom stereocenters. The molecule has 0 spiro atoms. The maximum Gasteiger partial charge on any atom is 0.191 e. The van der Waals surface area contributed by atoms with Crippen LogP contribution in [-0.2, 0) is 0 Å². The van der Waals surface area contributed by atoms with Crippen molar-refractivity contribution in [3.63, 3.8) is 0 Å². The Morgan fingerprint density at radius 3 is 2.90 bits per heavy atom. The second kappa shape index (κ2) is 7.13. The second-order valence-corrected chi connectivity index (χ2v) is 6.11. The summed E-state index contributed by atoms with van der Waals surface area (Å²) in [5.74, 6) is 1.97. The average molecular weight is 295 g/mol. The number of likely N-dealkylation sites (N-methyl/N-ethyl adjacent to an activating group) is 1. The van der Waals surface area contributed by atoms with Crippen molar-refractivity contribution >= 4 is 23.4 Å². The van der Waals surface area contributed by atoms with E-state index in [1.54, 1.807) is 11.8 Å². The first-order valence-electron chi connectivity index (χ1n) is 7.22. The van der Waals surface area contributed by atoms with Crippen molar-refractivity contribution in [2.45, 2.75) is 31.0 Å². The van der Waals surface area contributed by atoms with E-state index in [4.69, 9.17) is 0 Å². The molecular formula is C14H25N5S. The van der Waals surface area contributed by atoms with Gasteiger partial charge in [-0.3, -0.25) is 0 Å². The van der Waals surface area contributed by atoms with Crippen LogP contribution in [-0.4, -0.2) is 60.9 Å². The minimum atomic E-state index is 0.610. The largest absolute Gasteiger partial charge is 0.370 e. The van der Waals surface area contributed by atoms with Crippen molar-refractivity contribution in [2.24, 2.45) is 0 Å². The number of thioether (sulfide) groups is 1. The molecule has 1 aromatic rings. The van der Waals surface area contributed by atoms with Gasteiger partial charge in [-0.2, -0.15) is 0 Å². The Morgan fingerprint density at radius 1 is 1.45 bits per heavy atom. The summed E-state index contributed by atoms with van der Waals surface area (Å²) in [6.07, 6.45) is 4.51. The fraction of sp³-hybridized carbons (Fsp3) is 0.714. The summed E-state index contributed by atoms with van der Waals surface area (Å²) in [5, 5.41) is 4.13. The molecule has 2 rings (SSSR count). The molecular weight excluding hydrogens is 270 g/mol. The lowest BCUT2D eigenvalue weighted by Crippen LogP contribution is -2.45. The summed E-state index contributed by atoms with van der Waals surface area (Å²) in [4.78, 5) is 13.9. The average Bonchev–Trinajstić information content (AvgIpc) is 2.47. The van der Waals surface area contributed by atoms with Gasteiger partial charge in [0.15, 0.2) is 5.16 Å². The smallest absolute Gasteiger partial charge is 0.191 e. The highest BCUT2D eigenvalue weighted by atomic mass is 32.2. The Bertz CT molecular complexity index is 438. The van der Waals surface area contributed by atoms with Crippen molar-refractivity contribution in [3.8, 4) is 0 Å². The van der Waals surface area contributed by atoms with Crippen molar-refractivity contribution in [2.75, 3.05) is 50.2 Å². The van der Waals surface area contributed by atoms with E-state index in [-0.39, 0.29) is 0 Å². The van der Waals surface area contributed by atoms with E-state index in [9.17, 15) is 0 Å². The maximum atomic E-state index is 4.67. The van der Waals surface area contributed by atoms with Crippen LogP contribution in [0.5, 0.6) is 0 Å². The van der Waals surface area contributed by atoms with Crippen LogP contribution in [0.4, 0.5) is 11.6 Å². The van der Waals surface area contributed by atoms with Gasteiger partial charge in [0.2, 0.25) is 0 Å². The topological polar surface area (TPSA) is 44.3 Å². The molecule has 1 aliphatic heterocycles. The first kappa shape index (κ1) is 15.4. The highest BCUT2D eigenvalue weighted by molar-refractivity contribution is 7.98. The molecule has 1 N–H and O–H groups in total. The number of hydrogen-bond acceptors (Lipinski definition) is 6. The Kier molecular flexibility index (Phi) is 5.48. The Balaban J connectivity index is 2.19. The molecule has 0 aromatic carbocycles. The van der Waals surface area contributed by atoms with Gasteiger partial charge < -0.3 is 15.1 Å². The third kappa shape index (κ3) is 3.76. The minimum absolute atomic E-state index is 0.610. The van der Waals surface area contributed by atoms with E-state index in [1.807, 2.05) is 6.26 Å². The molecule has 2 heterocycles. The van der Waals surface area contributed by atoms with Crippen LogP contribution < -0.4 is 10.2 Å². The van der Waals surface area contributed by atoms with E-state index >= 15 is 0 Å². The first-order valence-corrected chi connectivity index (χ1v) is 8.44. The van der Waals surface area contributed by atoms with Gasteiger partial charge in [-0.05, 0) is 40.1 Å². The van der Waals surface area contributed by atoms with Crippen LogP contribution in [0.25, 0.3) is 0 Å². The summed E-state index contributed by atoms with van der Waals surface area (Å²) < 4.78 is 0. The van der Waals surface area contributed by atoms with Gasteiger partial charge in [-0.15, -0.1) is 0 Å². The summed E-state index contributed by atoms with van der Waals surface area (Å²) >= 11 is 1.59. The number of nitrogens with zero attached hydrogens (tertiary/aromatic N) is 4. The number of hydrogen-bond donors (Lipinski definition) is 1. The van der Waals surface area contributed by atoms with Crippen LogP contribution in [0.1, 0.15) is 19.8 Å². The molecule has 0 bridgehead atoms. The van der Waals surface area contributed by atoms with E-state index in [1.165, 1.54) is 12.8 Å².